The second-order valence-corrected chi connectivity index (χ2v) is 4.46. The highest BCUT2D eigenvalue weighted by Gasteiger charge is 2.01. The summed E-state index contributed by atoms with van der Waals surface area (Å²) in [7, 11) is 0. The molecule has 18 heavy (non-hydrogen) atoms. The topological polar surface area (TPSA) is 66.9 Å². The molecule has 0 saturated carbocycles. The lowest BCUT2D eigenvalue weighted by Crippen LogP contribution is -2.05. The highest BCUT2D eigenvalue weighted by molar-refractivity contribution is 9.10. The van der Waals surface area contributed by atoms with E-state index in [1.165, 1.54) is 13.3 Å². The van der Waals surface area contributed by atoms with E-state index in [9.17, 15) is 4.79 Å². The Hall–Kier alpha value is -1.95. The van der Waals surface area contributed by atoms with Gasteiger partial charge in [0, 0.05) is 24.5 Å². The summed E-state index contributed by atoms with van der Waals surface area (Å²) in [5, 5.41) is 5.85. The number of carbonyl (C=O) groups is 1. The van der Waals surface area contributed by atoms with Crippen molar-refractivity contribution >= 4 is 39.0 Å². The van der Waals surface area contributed by atoms with Crippen LogP contribution in [0, 0.1) is 0 Å². The molecule has 0 spiro atoms. The molecule has 5 nitrogen and oxygen atoms in total. The molecule has 2 aromatic rings. The van der Waals surface area contributed by atoms with E-state index in [2.05, 4.69) is 36.5 Å². The van der Waals surface area contributed by atoms with Crippen LogP contribution in [0.1, 0.15) is 6.92 Å². The molecular weight excluding hydrogens is 296 g/mol. The minimum Gasteiger partial charge on any atom is -0.339 e. The molecule has 6 heteroatoms. The van der Waals surface area contributed by atoms with Crippen molar-refractivity contribution < 1.29 is 4.79 Å². The summed E-state index contributed by atoms with van der Waals surface area (Å²) in [5.41, 5.74) is 1.64. The molecule has 2 N–H and O–H groups in total. The van der Waals surface area contributed by atoms with Crippen LogP contribution in [0.4, 0.5) is 17.2 Å². The van der Waals surface area contributed by atoms with Gasteiger partial charge in [0.1, 0.15) is 12.1 Å². The zero-order chi connectivity index (χ0) is 13.0. The summed E-state index contributed by atoms with van der Waals surface area (Å²) >= 11 is 3.36. The number of amides is 1. The van der Waals surface area contributed by atoms with Crippen molar-refractivity contribution in [2.45, 2.75) is 6.92 Å². The minimum atomic E-state index is -0.0887. The van der Waals surface area contributed by atoms with Crippen molar-refractivity contribution in [3.05, 3.63) is 41.3 Å². The maximum Gasteiger partial charge on any atom is 0.221 e. The van der Waals surface area contributed by atoms with Crippen molar-refractivity contribution in [1.82, 2.24) is 9.97 Å². The maximum atomic E-state index is 10.9. The highest BCUT2D eigenvalue weighted by Crippen LogP contribution is 2.23. The normalized spacial score (nSPS) is 9.89. The molecule has 0 atom stereocenters. The van der Waals surface area contributed by atoms with Gasteiger partial charge in [-0.25, -0.2) is 9.97 Å². The van der Waals surface area contributed by atoms with Gasteiger partial charge in [0.15, 0.2) is 0 Å². The number of hydrogen-bond donors (Lipinski definition) is 2. The summed E-state index contributed by atoms with van der Waals surface area (Å²) in [6.45, 7) is 1.48. The minimum absolute atomic E-state index is 0.0887. The lowest BCUT2D eigenvalue weighted by atomic mass is 10.2. The van der Waals surface area contributed by atoms with Gasteiger partial charge >= 0.3 is 0 Å². The van der Waals surface area contributed by atoms with E-state index in [1.807, 2.05) is 24.3 Å². The molecule has 1 heterocycles. The van der Waals surface area contributed by atoms with Crippen molar-refractivity contribution in [1.29, 1.82) is 0 Å². The number of anilines is 3. The predicted octanol–water partition coefficient (Wildman–Crippen LogP) is 2.94. The van der Waals surface area contributed by atoms with Crippen molar-refractivity contribution in [2.24, 2.45) is 0 Å². The molecule has 1 amide bonds. The van der Waals surface area contributed by atoms with Gasteiger partial charge in [-0.2, -0.15) is 0 Å². The van der Waals surface area contributed by atoms with Crippen LogP contribution in [0.3, 0.4) is 0 Å². The fourth-order valence-corrected chi connectivity index (χ4v) is 1.70. The number of rotatable bonds is 3. The van der Waals surface area contributed by atoms with E-state index in [-0.39, 0.29) is 5.91 Å². The number of aromatic nitrogens is 2. The lowest BCUT2D eigenvalue weighted by molar-refractivity contribution is -0.114. The van der Waals surface area contributed by atoms with Crippen LogP contribution in [0.25, 0.3) is 0 Å². The van der Waals surface area contributed by atoms with Crippen LogP contribution < -0.4 is 10.6 Å². The number of nitrogens with zero attached hydrogens (tertiary/aromatic N) is 2. The zero-order valence-corrected chi connectivity index (χ0v) is 11.2. The quantitative estimate of drug-likeness (QED) is 0.915. The van der Waals surface area contributed by atoms with E-state index in [0.29, 0.717) is 5.82 Å². The third-order valence-corrected chi connectivity index (χ3v) is 2.72. The van der Waals surface area contributed by atoms with Crippen molar-refractivity contribution in [2.75, 3.05) is 10.6 Å². The number of benzene rings is 1. The number of hydrogen-bond acceptors (Lipinski definition) is 4. The summed E-state index contributed by atoms with van der Waals surface area (Å²) in [5.74, 6) is 0.603. The van der Waals surface area contributed by atoms with Crippen molar-refractivity contribution in [3.63, 3.8) is 0 Å². The Morgan fingerprint density at radius 3 is 2.50 bits per heavy atom. The third-order valence-electron chi connectivity index (χ3n) is 2.14. The first-order chi connectivity index (χ1) is 8.65. The van der Waals surface area contributed by atoms with Gasteiger partial charge in [-0.3, -0.25) is 4.79 Å². The first kappa shape index (κ1) is 12.5. The van der Waals surface area contributed by atoms with Gasteiger partial charge in [-0.1, -0.05) is 0 Å². The van der Waals surface area contributed by atoms with Crippen LogP contribution in [0.5, 0.6) is 0 Å². The molecule has 0 fully saturated rings. The average molecular weight is 307 g/mol. The molecule has 0 bridgehead atoms. The Morgan fingerprint density at radius 2 is 1.89 bits per heavy atom. The van der Waals surface area contributed by atoms with Crippen LogP contribution in [-0.2, 0) is 4.79 Å². The Labute approximate surface area is 113 Å². The van der Waals surface area contributed by atoms with Crippen LogP contribution in [0.15, 0.2) is 41.3 Å². The maximum absolute atomic E-state index is 10.9. The van der Waals surface area contributed by atoms with Crippen LogP contribution in [0.2, 0.25) is 0 Å². The SMILES string of the molecule is CC(=O)Nc1ccc(Nc2ncncc2Br)cc1. The first-order valence-corrected chi connectivity index (χ1v) is 6.04. The average Bonchev–Trinajstić information content (AvgIpc) is 2.34. The smallest absolute Gasteiger partial charge is 0.221 e. The summed E-state index contributed by atoms with van der Waals surface area (Å²) in [6.07, 6.45) is 3.14. The standard InChI is InChI=1S/C12H11BrN4O/c1-8(18)16-9-2-4-10(5-3-9)17-12-11(13)6-14-7-15-12/h2-7H,1H3,(H,16,18)(H,14,15,17). The Bertz CT molecular complexity index is 556. The van der Waals surface area contributed by atoms with Gasteiger partial charge < -0.3 is 10.6 Å². The molecule has 1 aromatic heterocycles. The Balaban J connectivity index is 2.11. The Morgan fingerprint density at radius 1 is 1.22 bits per heavy atom. The predicted molar refractivity (Wildman–Crippen MR) is 73.8 cm³/mol. The second-order valence-electron chi connectivity index (χ2n) is 3.60. The fourth-order valence-electron chi connectivity index (χ4n) is 1.38. The second kappa shape index (κ2) is 5.59. The van der Waals surface area contributed by atoms with E-state index < -0.39 is 0 Å². The molecule has 1 aromatic carbocycles. The van der Waals surface area contributed by atoms with Gasteiger partial charge in [-0.05, 0) is 40.2 Å². The van der Waals surface area contributed by atoms with Gasteiger partial charge in [0.2, 0.25) is 5.91 Å². The van der Waals surface area contributed by atoms with Gasteiger partial charge in [-0.15, -0.1) is 0 Å². The summed E-state index contributed by atoms with van der Waals surface area (Å²) < 4.78 is 0.788. The molecular formula is C12H11BrN4O. The highest BCUT2D eigenvalue weighted by atomic mass is 79.9. The molecule has 0 aliphatic rings. The molecule has 0 radical (unpaired) electrons. The molecule has 92 valence electrons. The Kier molecular flexibility index (Phi) is 3.88. The molecule has 0 aliphatic heterocycles. The van der Waals surface area contributed by atoms with E-state index in [4.69, 9.17) is 0 Å². The van der Waals surface area contributed by atoms with E-state index >= 15 is 0 Å². The largest absolute Gasteiger partial charge is 0.339 e. The zero-order valence-electron chi connectivity index (χ0n) is 9.64. The lowest BCUT2D eigenvalue weighted by Gasteiger charge is -2.08. The third kappa shape index (κ3) is 3.27. The number of carbonyl (C=O) groups excluding carboxylic acids is 1. The monoisotopic (exact) mass is 306 g/mol. The van der Waals surface area contributed by atoms with Crippen LogP contribution >= 0.6 is 15.9 Å². The van der Waals surface area contributed by atoms with Gasteiger partial charge in [0.05, 0.1) is 4.47 Å². The number of halogens is 1. The van der Waals surface area contributed by atoms with Crippen molar-refractivity contribution in [3.8, 4) is 0 Å². The fraction of sp³-hybridized carbons (Fsp3) is 0.0833. The molecule has 2 rings (SSSR count). The summed E-state index contributed by atoms with van der Waals surface area (Å²) in [6, 6.07) is 7.36. The van der Waals surface area contributed by atoms with Gasteiger partial charge in [0.25, 0.3) is 0 Å². The molecule has 0 aliphatic carbocycles. The number of nitrogens with one attached hydrogen (secondary N) is 2. The summed E-state index contributed by atoms with van der Waals surface area (Å²) in [4.78, 5) is 18.9. The van der Waals surface area contributed by atoms with E-state index in [1.54, 1.807) is 6.20 Å². The first-order valence-electron chi connectivity index (χ1n) is 5.25. The van der Waals surface area contributed by atoms with Crippen LogP contribution in [-0.4, -0.2) is 15.9 Å². The molecule has 0 saturated heterocycles. The van der Waals surface area contributed by atoms with E-state index in [0.717, 1.165) is 15.8 Å². The molecule has 0 unspecified atom stereocenters.